The zero-order chi connectivity index (χ0) is 14.7. The van der Waals surface area contributed by atoms with Gasteiger partial charge in [-0.1, -0.05) is 5.57 Å². The van der Waals surface area contributed by atoms with Crippen LogP contribution >= 0.6 is 15.9 Å². The molecule has 20 heavy (non-hydrogen) atoms. The van der Waals surface area contributed by atoms with E-state index in [2.05, 4.69) is 25.8 Å². The Morgan fingerprint density at radius 1 is 1.30 bits per heavy atom. The van der Waals surface area contributed by atoms with Crippen LogP contribution in [0.4, 0.5) is 8.78 Å². The Bertz CT molecular complexity index is 617. The molecule has 2 rings (SSSR count). The van der Waals surface area contributed by atoms with Crippen LogP contribution in [-0.4, -0.2) is 16.4 Å². The van der Waals surface area contributed by atoms with Gasteiger partial charge in [0.2, 0.25) is 0 Å². The lowest BCUT2D eigenvalue weighted by molar-refractivity contribution is -0.0498. The molecule has 0 aliphatic rings. The van der Waals surface area contributed by atoms with Crippen LogP contribution in [0.25, 0.3) is 11.8 Å². The van der Waals surface area contributed by atoms with Gasteiger partial charge in [-0.2, -0.15) is 13.9 Å². The number of benzene rings is 1. The normalized spacial score (nSPS) is 10.7. The molecule has 0 saturated carbocycles. The summed E-state index contributed by atoms with van der Waals surface area (Å²) in [6.45, 7) is 1.16. The Balaban J connectivity index is 2.34. The van der Waals surface area contributed by atoms with Crippen LogP contribution in [0.1, 0.15) is 19.5 Å². The molecule has 106 valence electrons. The van der Waals surface area contributed by atoms with Crippen LogP contribution in [0.15, 0.2) is 40.5 Å². The predicted molar refractivity (Wildman–Crippen MR) is 77.2 cm³/mol. The molecule has 1 heterocycles. The molecule has 1 aromatic carbocycles. The fraction of sp³-hybridized carbons (Fsp3) is 0.214. The Labute approximate surface area is 124 Å². The highest BCUT2D eigenvalue weighted by atomic mass is 79.9. The molecule has 0 atom stereocenters. The summed E-state index contributed by atoms with van der Waals surface area (Å²) in [5, 5.41) is 4.32. The zero-order valence-electron chi connectivity index (χ0n) is 11.0. The van der Waals surface area contributed by atoms with Gasteiger partial charge in [0.05, 0.1) is 11.4 Å². The van der Waals surface area contributed by atoms with Crippen molar-refractivity contribution in [1.29, 1.82) is 0 Å². The number of hydrogen-bond acceptors (Lipinski definition) is 2. The summed E-state index contributed by atoms with van der Waals surface area (Å²) in [5.41, 5.74) is 2.81. The van der Waals surface area contributed by atoms with Crippen LogP contribution in [0.2, 0.25) is 0 Å². The SMILES string of the molecule is CC(C)=Cc1cc(Br)nn1-c1ccc(OC(F)F)cc1. The standard InChI is InChI=1S/C14H13BrF2N2O/c1-9(2)7-11-8-13(15)18-19(11)10-3-5-12(6-4-10)20-14(16)17/h3-8,14H,1-2H3. The number of allylic oxidation sites excluding steroid dienone is 1. The van der Waals surface area contributed by atoms with E-state index in [1.165, 1.54) is 12.1 Å². The van der Waals surface area contributed by atoms with Gasteiger partial charge in [0.1, 0.15) is 10.4 Å². The molecule has 0 N–H and O–H groups in total. The van der Waals surface area contributed by atoms with Gasteiger partial charge in [0, 0.05) is 0 Å². The largest absolute Gasteiger partial charge is 0.435 e. The van der Waals surface area contributed by atoms with Crippen molar-refractivity contribution >= 4 is 22.0 Å². The maximum Gasteiger partial charge on any atom is 0.387 e. The van der Waals surface area contributed by atoms with Crippen molar-refractivity contribution in [3.05, 3.63) is 46.2 Å². The van der Waals surface area contributed by atoms with Gasteiger partial charge in [-0.3, -0.25) is 0 Å². The van der Waals surface area contributed by atoms with Gasteiger partial charge in [-0.25, -0.2) is 4.68 Å². The molecule has 0 aliphatic carbocycles. The fourth-order valence-corrected chi connectivity index (χ4v) is 2.13. The Hall–Kier alpha value is -1.69. The Morgan fingerprint density at radius 3 is 2.50 bits per heavy atom. The first kappa shape index (κ1) is 14.7. The van der Waals surface area contributed by atoms with Crippen molar-refractivity contribution in [2.45, 2.75) is 20.5 Å². The second kappa shape index (κ2) is 6.17. The van der Waals surface area contributed by atoms with Crippen molar-refractivity contribution < 1.29 is 13.5 Å². The van der Waals surface area contributed by atoms with E-state index in [9.17, 15) is 8.78 Å². The third-order valence-electron chi connectivity index (χ3n) is 2.45. The van der Waals surface area contributed by atoms with Gasteiger partial charge < -0.3 is 4.74 Å². The van der Waals surface area contributed by atoms with Gasteiger partial charge in [0.15, 0.2) is 0 Å². The van der Waals surface area contributed by atoms with Crippen molar-refractivity contribution in [2.75, 3.05) is 0 Å². The molecule has 0 fully saturated rings. The van der Waals surface area contributed by atoms with E-state index < -0.39 is 6.61 Å². The molecule has 3 nitrogen and oxygen atoms in total. The first-order valence-electron chi connectivity index (χ1n) is 5.91. The summed E-state index contributed by atoms with van der Waals surface area (Å²) in [7, 11) is 0. The van der Waals surface area contributed by atoms with Crippen molar-refractivity contribution in [3.63, 3.8) is 0 Å². The molecule has 6 heteroatoms. The first-order chi connectivity index (χ1) is 9.45. The fourth-order valence-electron chi connectivity index (χ4n) is 1.74. The molecular formula is C14H13BrF2N2O. The summed E-state index contributed by atoms with van der Waals surface area (Å²) in [4.78, 5) is 0. The number of rotatable bonds is 4. The average Bonchev–Trinajstić information content (AvgIpc) is 2.69. The number of halogens is 3. The molecule has 0 spiro atoms. The number of ether oxygens (including phenoxy) is 1. The number of nitrogens with zero attached hydrogens (tertiary/aromatic N) is 2. The predicted octanol–water partition coefficient (Wildman–Crippen LogP) is 4.66. The van der Waals surface area contributed by atoms with E-state index >= 15 is 0 Å². The molecule has 0 saturated heterocycles. The lowest BCUT2D eigenvalue weighted by atomic mass is 10.2. The number of alkyl halides is 2. The molecule has 2 aromatic rings. The average molecular weight is 343 g/mol. The highest BCUT2D eigenvalue weighted by Gasteiger charge is 2.08. The second-order valence-corrected chi connectivity index (χ2v) is 5.21. The van der Waals surface area contributed by atoms with Crippen molar-refractivity contribution in [3.8, 4) is 11.4 Å². The van der Waals surface area contributed by atoms with Crippen molar-refractivity contribution in [2.24, 2.45) is 0 Å². The highest BCUT2D eigenvalue weighted by molar-refractivity contribution is 9.10. The van der Waals surface area contributed by atoms with Gasteiger partial charge >= 0.3 is 6.61 Å². The van der Waals surface area contributed by atoms with Crippen LogP contribution in [0.5, 0.6) is 5.75 Å². The summed E-state index contributed by atoms with van der Waals surface area (Å²) >= 11 is 3.33. The summed E-state index contributed by atoms with van der Waals surface area (Å²) < 4.78 is 31.0. The third-order valence-corrected chi connectivity index (χ3v) is 2.84. The minimum atomic E-state index is -2.82. The zero-order valence-corrected chi connectivity index (χ0v) is 12.6. The molecular weight excluding hydrogens is 330 g/mol. The lowest BCUT2D eigenvalue weighted by Crippen LogP contribution is -2.03. The Morgan fingerprint density at radius 2 is 1.95 bits per heavy atom. The van der Waals surface area contributed by atoms with Crippen LogP contribution in [-0.2, 0) is 0 Å². The first-order valence-corrected chi connectivity index (χ1v) is 6.71. The van der Waals surface area contributed by atoms with E-state index in [0.29, 0.717) is 4.60 Å². The lowest BCUT2D eigenvalue weighted by Gasteiger charge is -2.07. The summed E-state index contributed by atoms with van der Waals surface area (Å²) in [5.74, 6) is 0.124. The Kier molecular flexibility index (Phi) is 4.54. The van der Waals surface area contributed by atoms with Gasteiger partial charge in [-0.15, -0.1) is 0 Å². The monoisotopic (exact) mass is 342 g/mol. The third kappa shape index (κ3) is 3.66. The maximum absolute atomic E-state index is 12.1. The molecule has 0 unspecified atom stereocenters. The second-order valence-electron chi connectivity index (χ2n) is 4.40. The van der Waals surface area contributed by atoms with Crippen LogP contribution in [0.3, 0.4) is 0 Å². The van der Waals surface area contributed by atoms with E-state index in [0.717, 1.165) is 17.0 Å². The summed E-state index contributed by atoms with van der Waals surface area (Å²) in [6.07, 6.45) is 1.99. The smallest absolute Gasteiger partial charge is 0.387 e. The van der Waals surface area contributed by atoms with Gasteiger partial charge in [-0.05, 0) is 66.2 Å². The highest BCUT2D eigenvalue weighted by Crippen LogP contribution is 2.21. The molecule has 0 radical (unpaired) electrons. The number of hydrogen-bond donors (Lipinski definition) is 0. The topological polar surface area (TPSA) is 27.1 Å². The van der Waals surface area contributed by atoms with Crippen LogP contribution in [0, 0.1) is 0 Å². The molecule has 0 amide bonds. The van der Waals surface area contributed by atoms with E-state index in [-0.39, 0.29) is 5.75 Å². The molecule has 0 bridgehead atoms. The van der Waals surface area contributed by atoms with Crippen molar-refractivity contribution in [1.82, 2.24) is 9.78 Å². The van der Waals surface area contributed by atoms with Gasteiger partial charge in [0.25, 0.3) is 0 Å². The molecule has 0 aliphatic heterocycles. The molecule has 1 aromatic heterocycles. The van der Waals surface area contributed by atoms with Crippen LogP contribution < -0.4 is 4.74 Å². The minimum Gasteiger partial charge on any atom is -0.435 e. The minimum absolute atomic E-state index is 0.124. The maximum atomic E-state index is 12.1. The summed E-state index contributed by atoms with van der Waals surface area (Å²) in [6, 6.07) is 8.22. The number of aromatic nitrogens is 2. The van der Waals surface area contributed by atoms with E-state index in [1.807, 2.05) is 26.0 Å². The quantitative estimate of drug-likeness (QED) is 0.807. The van der Waals surface area contributed by atoms with E-state index in [1.54, 1.807) is 16.8 Å². The van der Waals surface area contributed by atoms with E-state index in [4.69, 9.17) is 0 Å².